The number of guanidine groups is 1. The van der Waals surface area contributed by atoms with Crippen molar-refractivity contribution in [3.8, 4) is 0 Å². The molecule has 0 aromatic heterocycles. The van der Waals surface area contributed by atoms with Crippen molar-refractivity contribution in [2.45, 2.75) is 70.1 Å². The normalized spacial score (nSPS) is 22.9. The van der Waals surface area contributed by atoms with E-state index in [1.807, 2.05) is 25.7 Å². The summed E-state index contributed by atoms with van der Waals surface area (Å²) in [6, 6.07) is 0.238. The molecule has 158 valence electrons. The summed E-state index contributed by atoms with van der Waals surface area (Å²) in [5.74, 6) is 1.92. The van der Waals surface area contributed by atoms with Crippen molar-refractivity contribution in [3.05, 3.63) is 0 Å². The van der Waals surface area contributed by atoms with Gasteiger partial charge in [-0.05, 0) is 40.0 Å². The van der Waals surface area contributed by atoms with Crippen molar-refractivity contribution in [2.75, 3.05) is 32.4 Å². The number of hydrogen-bond acceptors (Lipinski definition) is 3. The van der Waals surface area contributed by atoms with Crippen LogP contribution in [0.3, 0.4) is 0 Å². The number of nitrogens with one attached hydrogen (secondary N) is 2. The fraction of sp³-hybridized carbons (Fsp3) is 0.895. The van der Waals surface area contributed by atoms with E-state index >= 15 is 0 Å². The lowest BCUT2D eigenvalue weighted by molar-refractivity contribution is -0.135. The van der Waals surface area contributed by atoms with Crippen molar-refractivity contribution in [3.63, 3.8) is 0 Å². The number of hydrogen-bond donors (Lipinski definition) is 2. The van der Waals surface area contributed by atoms with Gasteiger partial charge in [-0.2, -0.15) is 0 Å². The monoisotopic (exact) mass is 512 g/mol. The molecule has 0 bridgehead atoms. The van der Waals surface area contributed by atoms with Gasteiger partial charge in [0.25, 0.3) is 0 Å². The van der Waals surface area contributed by atoms with Crippen LogP contribution in [0, 0.1) is 5.92 Å². The quantitative estimate of drug-likeness (QED) is 0.337. The Balaban J connectivity index is 0.00000364. The van der Waals surface area contributed by atoms with E-state index in [-0.39, 0.29) is 40.7 Å². The molecular weight excluding hydrogens is 475 g/mol. The Kier molecular flexibility index (Phi) is 10.6. The lowest BCUT2D eigenvalue weighted by Crippen LogP contribution is -2.46. The molecule has 1 saturated carbocycles. The summed E-state index contributed by atoms with van der Waals surface area (Å²) < 4.78 is 11.9. The van der Waals surface area contributed by atoms with Crippen LogP contribution >= 0.6 is 24.0 Å². The molecular formula is C19H37IN4O2S. The van der Waals surface area contributed by atoms with Gasteiger partial charge >= 0.3 is 0 Å². The number of carbonyl (C=O) groups is 1. The molecule has 0 aromatic rings. The Bertz CT molecular complexity index is 530. The first-order chi connectivity index (χ1) is 12.3. The molecule has 1 aliphatic carbocycles. The molecule has 2 aliphatic rings. The van der Waals surface area contributed by atoms with Crippen molar-refractivity contribution < 1.29 is 9.00 Å². The zero-order valence-electron chi connectivity index (χ0n) is 17.3. The highest BCUT2D eigenvalue weighted by Gasteiger charge is 2.31. The average Bonchev–Trinajstić information content (AvgIpc) is 3.08. The predicted molar refractivity (Wildman–Crippen MR) is 124 cm³/mol. The summed E-state index contributed by atoms with van der Waals surface area (Å²) in [4.78, 5) is 18.9. The van der Waals surface area contributed by atoms with Crippen molar-refractivity contribution >= 4 is 46.6 Å². The molecule has 2 atom stereocenters. The molecule has 0 aromatic carbocycles. The first kappa shape index (κ1) is 24.7. The van der Waals surface area contributed by atoms with E-state index in [1.165, 1.54) is 19.3 Å². The van der Waals surface area contributed by atoms with E-state index in [0.717, 1.165) is 38.3 Å². The molecule has 0 radical (unpaired) electrons. The lowest BCUT2D eigenvalue weighted by Gasteiger charge is -2.26. The standard InChI is InChI=1S/C19H36N4O2S.HI/c1-19(2,3)26(25)13-11-21-18(20-4)22-16-10-12-23(14-16)17(24)15-8-6-5-7-9-15;/h15-16H,5-14H2,1-4H3,(H2,20,21,22);1H. The molecule has 27 heavy (non-hydrogen) atoms. The minimum absolute atomic E-state index is 0. The zero-order chi connectivity index (χ0) is 19.2. The minimum Gasteiger partial charge on any atom is -0.355 e. The summed E-state index contributed by atoms with van der Waals surface area (Å²) in [6.45, 7) is 8.19. The minimum atomic E-state index is -0.873. The Morgan fingerprint density at radius 1 is 1.19 bits per heavy atom. The third kappa shape index (κ3) is 7.87. The summed E-state index contributed by atoms with van der Waals surface area (Å²) in [7, 11) is 0.873. The van der Waals surface area contributed by atoms with Crippen molar-refractivity contribution in [1.29, 1.82) is 0 Å². The molecule has 2 rings (SSSR count). The Morgan fingerprint density at radius 2 is 1.85 bits per heavy atom. The number of halogens is 1. The van der Waals surface area contributed by atoms with Crippen LogP contribution in [0.5, 0.6) is 0 Å². The lowest BCUT2D eigenvalue weighted by atomic mass is 9.88. The maximum absolute atomic E-state index is 12.7. The molecule has 8 heteroatoms. The highest BCUT2D eigenvalue weighted by Crippen LogP contribution is 2.26. The zero-order valence-corrected chi connectivity index (χ0v) is 20.4. The number of carbonyl (C=O) groups excluding carboxylic acids is 1. The molecule has 1 saturated heterocycles. The van der Waals surface area contributed by atoms with Crippen LogP contribution in [0.15, 0.2) is 4.99 Å². The Morgan fingerprint density at radius 3 is 2.44 bits per heavy atom. The Labute approximate surface area is 184 Å². The number of likely N-dealkylation sites (tertiary alicyclic amines) is 1. The molecule has 2 N–H and O–H groups in total. The third-order valence-corrected chi connectivity index (χ3v) is 7.22. The van der Waals surface area contributed by atoms with E-state index in [9.17, 15) is 9.00 Å². The van der Waals surface area contributed by atoms with E-state index < -0.39 is 10.8 Å². The van der Waals surface area contributed by atoms with Crippen LogP contribution < -0.4 is 10.6 Å². The molecule has 1 amide bonds. The summed E-state index contributed by atoms with van der Waals surface area (Å²) in [5.41, 5.74) is 0. The molecule has 0 spiro atoms. The van der Waals surface area contributed by atoms with E-state index in [1.54, 1.807) is 7.05 Å². The van der Waals surface area contributed by atoms with Gasteiger partial charge in [-0.15, -0.1) is 24.0 Å². The van der Waals surface area contributed by atoms with Gasteiger partial charge in [-0.1, -0.05) is 19.3 Å². The largest absolute Gasteiger partial charge is 0.355 e. The van der Waals surface area contributed by atoms with Crippen LogP contribution in [0.4, 0.5) is 0 Å². The Hall–Kier alpha value is -0.380. The summed E-state index contributed by atoms with van der Waals surface area (Å²) in [6.07, 6.45) is 6.73. The topological polar surface area (TPSA) is 73.8 Å². The molecule has 6 nitrogen and oxygen atoms in total. The number of amides is 1. The fourth-order valence-corrected chi connectivity index (χ4v) is 4.54. The molecule has 2 unspecified atom stereocenters. The highest BCUT2D eigenvalue weighted by molar-refractivity contribution is 14.0. The maximum Gasteiger partial charge on any atom is 0.225 e. The summed E-state index contributed by atoms with van der Waals surface area (Å²) in [5, 5.41) is 6.66. The van der Waals surface area contributed by atoms with Crippen LogP contribution in [-0.4, -0.2) is 64.2 Å². The second-order valence-corrected chi connectivity index (χ2v) is 10.7. The van der Waals surface area contributed by atoms with Gasteiger partial charge in [0.15, 0.2) is 5.96 Å². The van der Waals surface area contributed by atoms with Crippen molar-refractivity contribution in [1.82, 2.24) is 15.5 Å². The van der Waals surface area contributed by atoms with Gasteiger partial charge in [0.1, 0.15) is 0 Å². The predicted octanol–water partition coefficient (Wildman–Crippen LogP) is 2.50. The van der Waals surface area contributed by atoms with E-state index in [2.05, 4.69) is 15.6 Å². The van der Waals surface area contributed by atoms with Crippen LogP contribution in [0.2, 0.25) is 0 Å². The summed E-state index contributed by atoms with van der Waals surface area (Å²) >= 11 is 0. The van der Waals surface area contributed by atoms with Gasteiger partial charge in [0.2, 0.25) is 5.91 Å². The SMILES string of the molecule is CN=C(NCCS(=O)C(C)(C)C)NC1CCN(C(=O)C2CCCCC2)C1.I. The smallest absolute Gasteiger partial charge is 0.225 e. The number of nitrogens with zero attached hydrogens (tertiary/aromatic N) is 2. The molecule has 1 aliphatic heterocycles. The highest BCUT2D eigenvalue weighted by atomic mass is 127. The molecule has 1 heterocycles. The van der Waals surface area contributed by atoms with Crippen LogP contribution in [0.1, 0.15) is 59.3 Å². The van der Waals surface area contributed by atoms with Gasteiger partial charge in [-0.3, -0.25) is 14.0 Å². The van der Waals surface area contributed by atoms with Gasteiger partial charge in [-0.25, -0.2) is 0 Å². The third-order valence-electron chi connectivity index (χ3n) is 5.28. The van der Waals surface area contributed by atoms with Crippen molar-refractivity contribution in [2.24, 2.45) is 10.9 Å². The second kappa shape index (κ2) is 11.6. The van der Waals surface area contributed by atoms with Crippen LogP contribution in [0.25, 0.3) is 0 Å². The van der Waals surface area contributed by atoms with Gasteiger partial charge in [0, 0.05) is 59.9 Å². The first-order valence-electron chi connectivity index (χ1n) is 9.95. The number of rotatable bonds is 5. The van der Waals surface area contributed by atoms with Gasteiger partial charge in [0.05, 0.1) is 0 Å². The number of aliphatic imine (C=N–C) groups is 1. The van der Waals surface area contributed by atoms with Gasteiger partial charge < -0.3 is 15.5 Å². The van der Waals surface area contributed by atoms with E-state index in [0.29, 0.717) is 18.2 Å². The van der Waals surface area contributed by atoms with E-state index in [4.69, 9.17) is 0 Å². The average molecular weight is 513 g/mol. The fourth-order valence-electron chi connectivity index (χ4n) is 3.64. The second-order valence-electron chi connectivity index (χ2n) is 8.41. The maximum atomic E-state index is 12.7. The first-order valence-corrected chi connectivity index (χ1v) is 11.3. The van der Waals surface area contributed by atoms with Crippen LogP contribution in [-0.2, 0) is 15.6 Å². The molecule has 2 fully saturated rings.